The van der Waals surface area contributed by atoms with E-state index in [4.69, 9.17) is 16.3 Å². The van der Waals surface area contributed by atoms with E-state index >= 15 is 0 Å². The Bertz CT molecular complexity index is 1150. The average molecular weight is 510 g/mol. The van der Waals surface area contributed by atoms with E-state index in [0.29, 0.717) is 22.1 Å². The maximum Gasteiger partial charge on any atom is 0.262 e. The molecule has 1 amide bonds. The number of amides is 1. The smallest absolute Gasteiger partial charge is 0.262 e. The van der Waals surface area contributed by atoms with Crippen molar-refractivity contribution in [3.8, 4) is 5.75 Å². The highest BCUT2D eigenvalue weighted by Gasteiger charge is 2.14. The fourth-order valence-corrected chi connectivity index (χ4v) is 4.01. The second-order valence-corrected chi connectivity index (χ2v) is 9.41. The molecule has 3 aromatic carbocycles. The summed E-state index contributed by atoms with van der Waals surface area (Å²) in [5.41, 5.74) is 1.93. The number of benzene rings is 3. The number of halogens is 2. The van der Waals surface area contributed by atoms with Crippen LogP contribution in [-0.2, 0) is 14.8 Å². The van der Waals surface area contributed by atoms with Crippen molar-refractivity contribution in [1.82, 2.24) is 0 Å². The summed E-state index contributed by atoms with van der Waals surface area (Å²) in [5.74, 6) is 0.0181. The van der Waals surface area contributed by atoms with Crippen LogP contribution in [0.4, 0.5) is 11.4 Å². The van der Waals surface area contributed by atoms with Gasteiger partial charge in [-0.3, -0.25) is 9.52 Å². The fraction of sp³-hybridized carbons (Fsp3) is 0.0952. The number of carbonyl (C=O) groups excluding carboxylic acids is 1. The third kappa shape index (κ3) is 5.98. The minimum atomic E-state index is -3.74. The summed E-state index contributed by atoms with van der Waals surface area (Å²) in [6.07, 6.45) is 0. The van der Waals surface area contributed by atoms with Crippen LogP contribution in [-0.4, -0.2) is 20.9 Å². The number of anilines is 2. The Balaban J connectivity index is 1.59. The molecule has 0 unspecified atom stereocenters. The molecule has 0 saturated carbocycles. The van der Waals surface area contributed by atoms with E-state index in [1.54, 1.807) is 42.5 Å². The minimum Gasteiger partial charge on any atom is -0.484 e. The second kappa shape index (κ2) is 9.51. The largest absolute Gasteiger partial charge is 0.484 e. The average Bonchev–Trinajstić information content (AvgIpc) is 2.71. The lowest BCUT2D eigenvalue weighted by atomic mass is 10.2. The van der Waals surface area contributed by atoms with Gasteiger partial charge in [0.15, 0.2) is 6.61 Å². The number of hydrogen-bond donors (Lipinski definition) is 2. The Morgan fingerprint density at radius 2 is 1.70 bits per heavy atom. The van der Waals surface area contributed by atoms with Crippen molar-refractivity contribution in [3.63, 3.8) is 0 Å². The zero-order valence-corrected chi connectivity index (χ0v) is 19.0. The second-order valence-electron chi connectivity index (χ2n) is 6.38. The molecule has 0 heterocycles. The number of ether oxygens (including phenoxy) is 1. The lowest BCUT2D eigenvalue weighted by Crippen LogP contribution is -2.20. The van der Waals surface area contributed by atoms with Crippen molar-refractivity contribution in [2.24, 2.45) is 0 Å². The first-order chi connectivity index (χ1) is 14.2. The van der Waals surface area contributed by atoms with Gasteiger partial charge in [0.25, 0.3) is 15.9 Å². The van der Waals surface area contributed by atoms with Crippen LogP contribution in [0, 0.1) is 6.92 Å². The van der Waals surface area contributed by atoms with E-state index in [1.165, 1.54) is 24.3 Å². The van der Waals surface area contributed by atoms with Crippen LogP contribution in [0.1, 0.15) is 5.56 Å². The summed E-state index contributed by atoms with van der Waals surface area (Å²) in [6.45, 7) is 1.63. The van der Waals surface area contributed by atoms with Gasteiger partial charge in [-0.25, -0.2) is 8.42 Å². The first kappa shape index (κ1) is 22.1. The van der Waals surface area contributed by atoms with Crippen molar-refractivity contribution >= 4 is 54.8 Å². The molecule has 9 heteroatoms. The molecule has 3 aromatic rings. The molecule has 0 radical (unpaired) electrons. The molecule has 0 atom stereocenters. The Morgan fingerprint density at radius 1 is 1.03 bits per heavy atom. The third-order valence-corrected chi connectivity index (χ3v) is 6.24. The highest BCUT2D eigenvalue weighted by molar-refractivity contribution is 9.10. The van der Waals surface area contributed by atoms with Gasteiger partial charge in [-0.05, 0) is 73.2 Å². The van der Waals surface area contributed by atoms with E-state index in [2.05, 4.69) is 26.0 Å². The first-order valence-electron chi connectivity index (χ1n) is 8.80. The van der Waals surface area contributed by atoms with Crippen molar-refractivity contribution in [2.45, 2.75) is 11.8 Å². The summed E-state index contributed by atoms with van der Waals surface area (Å²) < 4.78 is 33.8. The Morgan fingerprint density at radius 3 is 2.37 bits per heavy atom. The van der Waals surface area contributed by atoms with Crippen molar-refractivity contribution < 1.29 is 17.9 Å². The molecule has 2 N–H and O–H groups in total. The molecule has 0 saturated heterocycles. The molecule has 30 heavy (non-hydrogen) atoms. The SMILES string of the molecule is Cc1ccc(Cl)cc1NC(=O)COc1ccc(S(=O)(=O)Nc2ccc(Br)cc2)cc1. The van der Waals surface area contributed by atoms with E-state index in [1.807, 2.05) is 6.92 Å². The van der Waals surface area contributed by atoms with Crippen LogP contribution in [0.2, 0.25) is 5.02 Å². The minimum absolute atomic E-state index is 0.0803. The Kier molecular flexibility index (Phi) is 7.02. The zero-order valence-electron chi connectivity index (χ0n) is 15.9. The van der Waals surface area contributed by atoms with E-state index in [-0.39, 0.29) is 17.4 Å². The predicted octanol–water partition coefficient (Wildman–Crippen LogP) is 5.23. The van der Waals surface area contributed by atoms with Gasteiger partial charge in [0.2, 0.25) is 0 Å². The van der Waals surface area contributed by atoms with Crippen molar-refractivity contribution in [3.05, 3.63) is 81.8 Å². The quantitative estimate of drug-likeness (QED) is 0.457. The topological polar surface area (TPSA) is 84.5 Å². The van der Waals surface area contributed by atoms with Gasteiger partial charge in [0, 0.05) is 20.9 Å². The number of nitrogens with one attached hydrogen (secondary N) is 2. The van der Waals surface area contributed by atoms with Crippen molar-refractivity contribution in [1.29, 1.82) is 0 Å². The standard InChI is InChI=1S/C21H18BrClN2O4S/c1-14-2-5-16(23)12-20(14)24-21(26)13-29-18-8-10-19(11-9-18)30(27,28)25-17-6-3-15(22)4-7-17/h2-12,25H,13H2,1H3,(H,24,26). The monoisotopic (exact) mass is 508 g/mol. The molecular weight excluding hydrogens is 492 g/mol. The molecule has 0 aliphatic carbocycles. The van der Waals surface area contributed by atoms with E-state index in [9.17, 15) is 13.2 Å². The third-order valence-electron chi connectivity index (χ3n) is 4.07. The lowest BCUT2D eigenvalue weighted by Gasteiger charge is -2.11. The van der Waals surface area contributed by atoms with Crippen LogP contribution in [0.3, 0.4) is 0 Å². The maximum atomic E-state index is 12.5. The van der Waals surface area contributed by atoms with Gasteiger partial charge >= 0.3 is 0 Å². The molecule has 156 valence electrons. The first-order valence-corrected chi connectivity index (χ1v) is 11.5. The normalized spacial score (nSPS) is 11.0. The molecule has 0 bridgehead atoms. The van der Waals surface area contributed by atoms with Gasteiger partial charge in [-0.15, -0.1) is 0 Å². The summed E-state index contributed by atoms with van der Waals surface area (Å²) in [5, 5.41) is 3.25. The summed E-state index contributed by atoms with van der Waals surface area (Å²) in [6, 6.07) is 17.8. The Hall–Kier alpha value is -2.55. The molecule has 3 rings (SSSR count). The van der Waals surface area contributed by atoms with E-state index in [0.717, 1.165) is 10.0 Å². The number of hydrogen-bond acceptors (Lipinski definition) is 4. The lowest BCUT2D eigenvalue weighted by molar-refractivity contribution is -0.118. The van der Waals surface area contributed by atoms with E-state index < -0.39 is 10.0 Å². The van der Waals surface area contributed by atoms with Gasteiger partial charge in [-0.1, -0.05) is 33.6 Å². The number of rotatable bonds is 7. The van der Waals surface area contributed by atoms with Crippen LogP contribution < -0.4 is 14.8 Å². The van der Waals surface area contributed by atoms with Gasteiger partial charge in [0.05, 0.1) is 4.90 Å². The summed E-state index contributed by atoms with van der Waals surface area (Å²) in [4.78, 5) is 12.2. The molecule has 6 nitrogen and oxygen atoms in total. The molecular formula is C21H18BrClN2O4S. The number of sulfonamides is 1. The highest BCUT2D eigenvalue weighted by Crippen LogP contribution is 2.22. The molecule has 0 spiro atoms. The van der Waals surface area contributed by atoms with Gasteiger partial charge in [-0.2, -0.15) is 0 Å². The molecule has 0 aliphatic rings. The summed E-state index contributed by atoms with van der Waals surface area (Å²) >= 11 is 9.25. The van der Waals surface area contributed by atoms with Crippen LogP contribution in [0.15, 0.2) is 76.1 Å². The Labute approximate surface area is 188 Å². The number of aryl methyl sites for hydroxylation is 1. The predicted molar refractivity (Wildman–Crippen MR) is 122 cm³/mol. The van der Waals surface area contributed by atoms with Crippen molar-refractivity contribution in [2.75, 3.05) is 16.6 Å². The van der Waals surface area contributed by atoms with Crippen LogP contribution >= 0.6 is 27.5 Å². The highest BCUT2D eigenvalue weighted by atomic mass is 79.9. The van der Waals surface area contributed by atoms with Crippen LogP contribution in [0.25, 0.3) is 0 Å². The van der Waals surface area contributed by atoms with Crippen LogP contribution in [0.5, 0.6) is 5.75 Å². The zero-order chi connectivity index (χ0) is 21.7. The number of carbonyl (C=O) groups is 1. The maximum absolute atomic E-state index is 12.5. The van der Waals surface area contributed by atoms with Gasteiger partial charge in [0.1, 0.15) is 5.75 Å². The molecule has 0 fully saturated rings. The van der Waals surface area contributed by atoms with Gasteiger partial charge < -0.3 is 10.1 Å². The molecule has 0 aliphatic heterocycles. The molecule has 0 aromatic heterocycles. The summed E-state index contributed by atoms with van der Waals surface area (Å²) in [7, 11) is -3.74. The fourth-order valence-electron chi connectivity index (χ4n) is 2.51.